The number of amides is 2. The van der Waals surface area contributed by atoms with Crippen LogP contribution in [0.25, 0.3) is 16.9 Å². The fraction of sp³-hybridized carbons (Fsp3) is 0.233. The van der Waals surface area contributed by atoms with Crippen LogP contribution in [0, 0.1) is 18.7 Å². The molecule has 6 nitrogen and oxygen atoms in total. The summed E-state index contributed by atoms with van der Waals surface area (Å²) >= 11 is 0. The van der Waals surface area contributed by atoms with Gasteiger partial charge in [0, 0.05) is 24.7 Å². The lowest BCUT2D eigenvalue weighted by atomic mass is 10.1. The van der Waals surface area contributed by atoms with E-state index in [-0.39, 0.29) is 36.0 Å². The van der Waals surface area contributed by atoms with Crippen LogP contribution >= 0.6 is 0 Å². The first-order valence-corrected chi connectivity index (χ1v) is 12.3. The normalized spacial score (nSPS) is 10.9. The van der Waals surface area contributed by atoms with E-state index in [0.29, 0.717) is 29.9 Å². The summed E-state index contributed by atoms with van der Waals surface area (Å²) in [6.45, 7) is 5.84. The average molecular weight is 499 g/mol. The standard InChI is InChI=1S/C30H31FN4O2/c1-21(2)16-29(37)34(18-23-10-6-4-7-11-23)20-28(36)33-30-32-27(24-12-8-5-9-13-24)19-35(30)25-15-14-22(3)26(31)17-25/h4-15,17,19,21H,16,18,20H2,1-3H3,(H,32,33,36). The van der Waals surface area contributed by atoms with Crippen molar-refractivity contribution in [3.05, 3.63) is 102 Å². The fourth-order valence-electron chi connectivity index (χ4n) is 4.00. The second-order valence-corrected chi connectivity index (χ2v) is 9.50. The van der Waals surface area contributed by atoms with E-state index in [1.807, 2.05) is 74.5 Å². The third-order valence-corrected chi connectivity index (χ3v) is 5.95. The van der Waals surface area contributed by atoms with Crippen molar-refractivity contribution in [3.8, 4) is 16.9 Å². The molecule has 37 heavy (non-hydrogen) atoms. The van der Waals surface area contributed by atoms with Crippen molar-refractivity contribution in [2.75, 3.05) is 11.9 Å². The maximum absolute atomic E-state index is 14.4. The van der Waals surface area contributed by atoms with E-state index in [1.165, 1.54) is 6.07 Å². The number of carbonyl (C=O) groups is 2. The van der Waals surface area contributed by atoms with Crippen molar-refractivity contribution in [1.82, 2.24) is 14.5 Å². The van der Waals surface area contributed by atoms with E-state index in [0.717, 1.165) is 11.1 Å². The van der Waals surface area contributed by atoms with Gasteiger partial charge in [-0.2, -0.15) is 0 Å². The van der Waals surface area contributed by atoms with E-state index in [2.05, 4.69) is 10.3 Å². The number of halogens is 1. The van der Waals surface area contributed by atoms with Crippen LogP contribution in [0.15, 0.2) is 85.1 Å². The molecule has 1 N–H and O–H groups in total. The molecule has 1 heterocycles. The van der Waals surface area contributed by atoms with Gasteiger partial charge in [-0.3, -0.25) is 19.5 Å². The SMILES string of the molecule is Cc1ccc(-n2cc(-c3ccccc3)nc2NC(=O)CN(Cc2ccccc2)C(=O)CC(C)C)cc1F. The number of aromatic nitrogens is 2. The molecule has 4 rings (SSSR count). The van der Waals surface area contributed by atoms with Crippen LogP contribution < -0.4 is 5.32 Å². The van der Waals surface area contributed by atoms with Gasteiger partial charge in [-0.25, -0.2) is 9.37 Å². The molecule has 3 aromatic carbocycles. The van der Waals surface area contributed by atoms with Gasteiger partial charge in [0.15, 0.2) is 0 Å². The number of aryl methyl sites for hydroxylation is 1. The smallest absolute Gasteiger partial charge is 0.246 e. The zero-order valence-corrected chi connectivity index (χ0v) is 21.3. The molecule has 0 aliphatic rings. The monoisotopic (exact) mass is 498 g/mol. The number of hydrogen-bond donors (Lipinski definition) is 1. The van der Waals surface area contributed by atoms with Gasteiger partial charge in [-0.15, -0.1) is 0 Å². The van der Waals surface area contributed by atoms with Gasteiger partial charge in [0.1, 0.15) is 12.4 Å². The topological polar surface area (TPSA) is 67.2 Å². The molecule has 0 atom stereocenters. The third-order valence-electron chi connectivity index (χ3n) is 5.95. The van der Waals surface area contributed by atoms with Crippen LogP contribution in [0.1, 0.15) is 31.4 Å². The maximum Gasteiger partial charge on any atom is 0.246 e. The van der Waals surface area contributed by atoms with Gasteiger partial charge in [-0.1, -0.05) is 80.6 Å². The summed E-state index contributed by atoms with van der Waals surface area (Å²) in [5.74, 6) is -0.409. The second-order valence-electron chi connectivity index (χ2n) is 9.50. The minimum atomic E-state index is -0.382. The first-order valence-electron chi connectivity index (χ1n) is 12.3. The molecule has 190 valence electrons. The van der Waals surface area contributed by atoms with Crippen LogP contribution in [0.4, 0.5) is 10.3 Å². The Hall–Kier alpha value is -4.26. The Kier molecular flexibility index (Phi) is 8.13. The van der Waals surface area contributed by atoms with Gasteiger partial charge in [0.05, 0.1) is 11.4 Å². The lowest BCUT2D eigenvalue weighted by Gasteiger charge is -2.23. The zero-order chi connectivity index (χ0) is 26.4. The van der Waals surface area contributed by atoms with Gasteiger partial charge < -0.3 is 4.90 Å². The van der Waals surface area contributed by atoms with Crippen LogP contribution in [-0.4, -0.2) is 32.8 Å². The van der Waals surface area contributed by atoms with Gasteiger partial charge >= 0.3 is 0 Å². The van der Waals surface area contributed by atoms with Crippen molar-refractivity contribution >= 4 is 17.8 Å². The Balaban J connectivity index is 1.62. The van der Waals surface area contributed by atoms with Crippen molar-refractivity contribution in [2.24, 2.45) is 5.92 Å². The molecule has 2 amide bonds. The molecule has 0 unspecified atom stereocenters. The first kappa shape index (κ1) is 25.8. The number of benzene rings is 3. The summed E-state index contributed by atoms with van der Waals surface area (Å²) in [5, 5.41) is 2.85. The van der Waals surface area contributed by atoms with E-state index >= 15 is 0 Å². The molecule has 0 spiro atoms. The lowest BCUT2D eigenvalue weighted by Crippen LogP contribution is -2.38. The molecule has 0 saturated heterocycles. The Morgan fingerprint density at radius 1 is 1.00 bits per heavy atom. The average Bonchev–Trinajstić information content (AvgIpc) is 3.29. The van der Waals surface area contributed by atoms with E-state index in [9.17, 15) is 14.0 Å². The highest BCUT2D eigenvalue weighted by molar-refractivity contribution is 5.94. The predicted molar refractivity (Wildman–Crippen MR) is 144 cm³/mol. The summed E-state index contributed by atoms with van der Waals surface area (Å²) in [4.78, 5) is 32.4. The first-order chi connectivity index (χ1) is 17.8. The summed E-state index contributed by atoms with van der Waals surface area (Å²) in [6.07, 6.45) is 2.11. The molecule has 0 saturated carbocycles. The number of anilines is 1. The largest absolute Gasteiger partial charge is 0.329 e. The summed E-state index contributed by atoms with van der Waals surface area (Å²) in [5.41, 5.74) is 3.49. The molecule has 0 bridgehead atoms. The van der Waals surface area contributed by atoms with Crippen molar-refractivity contribution < 1.29 is 14.0 Å². The molecule has 0 aliphatic heterocycles. The minimum absolute atomic E-state index is 0.0945. The highest BCUT2D eigenvalue weighted by atomic mass is 19.1. The Morgan fingerprint density at radius 2 is 1.68 bits per heavy atom. The molecule has 0 aliphatic carbocycles. The van der Waals surface area contributed by atoms with Gasteiger partial charge in [0.25, 0.3) is 0 Å². The van der Waals surface area contributed by atoms with Crippen molar-refractivity contribution in [2.45, 2.75) is 33.7 Å². The number of carbonyl (C=O) groups excluding carboxylic acids is 2. The highest BCUT2D eigenvalue weighted by Gasteiger charge is 2.21. The van der Waals surface area contributed by atoms with E-state index < -0.39 is 0 Å². The number of nitrogens with one attached hydrogen (secondary N) is 1. The summed E-state index contributed by atoms with van der Waals surface area (Å²) in [6, 6.07) is 24.0. The van der Waals surface area contributed by atoms with Crippen molar-refractivity contribution in [1.29, 1.82) is 0 Å². The van der Waals surface area contributed by atoms with E-state index in [1.54, 1.807) is 34.7 Å². The quantitative estimate of drug-likeness (QED) is 0.308. The third kappa shape index (κ3) is 6.70. The van der Waals surface area contributed by atoms with E-state index in [4.69, 9.17) is 0 Å². The Labute approximate surface area is 216 Å². The van der Waals surface area contributed by atoms with Gasteiger partial charge in [-0.05, 0) is 36.1 Å². The number of nitrogens with zero attached hydrogens (tertiary/aromatic N) is 3. The molecule has 1 aromatic heterocycles. The number of hydrogen-bond acceptors (Lipinski definition) is 3. The zero-order valence-electron chi connectivity index (χ0n) is 21.3. The summed E-state index contributed by atoms with van der Waals surface area (Å²) < 4.78 is 16.0. The molecule has 0 radical (unpaired) electrons. The molecule has 4 aromatic rings. The van der Waals surface area contributed by atoms with Crippen LogP contribution in [0.2, 0.25) is 0 Å². The van der Waals surface area contributed by atoms with Crippen LogP contribution in [0.3, 0.4) is 0 Å². The minimum Gasteiger partial charge on any atom is -0.329 e. The Morgan fingerprint density at radius 3 is 2.32 bits per heavy atom. The molecular formula is C30H31FN4O2. The predicted octanol–water partition coefficient (Wildman–Crippen LogP) is 6.00. The molecular weight excluding hydrogens is 467 g/mol. The van der Waals surface area contributed by atoms with Crippen LogP contribution in [-0.2, 0) is 16.1 Å². The second kappa shape index (κ2) is 11.6. The number of imidazole rings is 1. The van der Waals surface area contributed by atoms with Gasteiger partial charge in [0.2, 0.25) is 17.8 Å². The fourth-order valence-corrected chi connectivity index (χ4v) is 4.00. The Bertz CT molecular complexity index is 1370. The summed E-state index contributed by atoms with van der Waals surface area (Å²) in [7, 11) is 0. The maximum atomic E-state index is 14.4. The lowest BCUT2D eigenvalue weighted by molar-refractivity contribution is -0.136. The van der Waals surface area contributed by atoms with Crippen molar-refractivity contribution in [3.63, 3.8) is 0 Å². The molecule has 0 fully saturated rings. The van der Waals surface area contributed by atoms with Crippen LogP contribution in [0.5, 0.6) is 0 Å². The highest BCUT2D eigenvalue weighted by Crippen LogP contribution is 2.25. The molecule has 7 heteroatoms. The number of rotatable bonds is 9.